The predicted octanol–water partition coefficient (Wildman–Crippen LogP) is 1.14. The van der Waals surface area contributed by atoms with Crippen molar-refractivity contribution in [1.29, 1.82) is 0 Å². The molecule has 4 heteroatoms. The summed E-state index contributed by atoms with van der Waals surface area (Å²) in [6, 6.07) is 0. The molecule has 0 aliphatic carbocycles. The summed E-state index contributed by atoms with van der Waals surface area (Å²) in [5.74, 6) is 0. The molecular formula is C8H15N3S. The van der Waals surface area contributed by atoms with Crippen LogP contribution < -0.4 is 5.73 Å². The summed E-state index contributed by atoms with van der Waals surface area (Å²) >= 11 is 1.57. The molecule has 1 heterocycles. The number of rotatable bonds is 3. The molecule has 0 spiro atoms. The highest BCUT2D eigenvalue weighted by Gasteiger charge is 2.04. The largest absolute Gasteiger partial charge is 0.389 e. The van der Waals surface area contributed by atoms with Crippen LogP contribution in [0.1, 0.15) is 10.7 Å². The minimum atomic E-state index is 0.870. The zero-order valence-electron chi connectivity index (χ0n) is 7.79. The van der Waals surface area contributed by atoms with E-state index < -0.39 is 0 Å². The van der Waals surface area contributed by atoms with E-state index in [-0.39, 0.29) is 0 Å². The highest BCUT2D eigenvalue weighted by Crippen LogP contribution is 2.20. The number of thiazole rings is 1. The second-order valence-electron chi connectivity index (χ2n) is 3.10. The second kappa shape index (κ2) is 3.87. The third kappa shape index (κ3) is 2.46. The first-order valence-corrected chi connectivity index (χ1v) is 4.77. The molecule has 1 rings (SSSR count). The molecule has 0 atom stereocenters. The molecule has 3 nitrogen and oxygen atoms in total. The summed E-state index contributed by atoms with van der Waals surface area (Å²) in [5, 5.41) is 1.93. The lowest BCUT2D eigenvalue weighted by Gasteiger charge is -2.07. The first-order chi connectivity index (χ1) is 5.59. The van der Waals surface area contributed by atoms with Gasteiger partial charge in [-0.3, -0.25) is 0 Å². The average Bonchev–Trinajstić information content (AvgIpc) is 2.26. The van der Waals surface area contributed by atoms with Crippen molar-refractivity contribution in [3.8, 4) is 0 Å². The number of likely N-dealkylation sites (N-methyl/N-ethyl adjacent to an activating group) is 1. The van der Waals surface area contributed by atoms with E-state index in [0.29, 0.717) is 0 Å². The lowest BCUT2D eigenvalue weighted by molar-refractivity contribution is 0.412. The Kier molecular flexibility index (Phi) is 3.05. The van der Waals surface area contributed by atoms with E-state index in [1.165, 1.54) is 0 Å². The van der Waals surface area contributed by atoms with E-state index in [0.717, 1.165) is 28.7 Å². The number of nitrogens with two attached hydrogens (primary N) is 1. The van der Waals surface area contributed by atoms with Gasteiger partial charge in [0.05, 0.1) is 10.7 Å². The summed E-state index contributed by atoms with van der Waals surface area (Å²) < 4.78 is 0. The van der Waals surface area contributed by atoms with E-state index in [4.69, 9.17) is 5.73 Å². The molecule has 1 aromatic heterocycles. The van der Waals surface area contributed by atoms with Gasteiger partial charge in [-0.2, -0.15) is 0 Å². The smallest absolute Gasteiger partial charge is 0.109 e. The summed E-state index contributed by atoms with van der Waals surface area (Å²) in [5.41, 5.74) is 6.81. The Hall–Kier alpha value is -0.610. The molecule has 1 aromatic rings. The van der Waals surface area contributed by atoms with Gasteiger partial charge in [-0.25, -0.2) is 4.98 Å². The van der Waals surface area contributed by atoms with Crippen LogP contribution in [0.25, 0.3) is 0 Å². The molecule has 0 radical (unpaired) electrons. The Bertz CT molecular complexity index is 255. The zero-order chi connectivity index (χ0) is 9.14. The summed E-state index contributed by atoms with van der Waals surface area (Å²) in [6.07, 6.45) is 0.948. The highest BCUT2D eigenvalue weighted by atomic mass is 32.1. The average molecular weight is 185 g/mol. The van der Waals surface area contributed by atoms with Crippen LogP contribution in [-0.2, 0) is 6.42 Å². The van der Waals surface area contributed by atoms with Crippen LogP contribution in [0.2, 0.25) is 0 Å². The van der Waals surface area contributed by atoms with Gasteiger partial charge in [0, 0.05) is 13.0 Å². The van der Waals surface area contributed by atoms with Crippen LogP contribution in [0.15, 0.2) is 0 Å². The maximum absolute atomic E-state index is 5.77. The molecule has 0 saturated carbocycles. The number of aromatic nitrogens is 1. The Morgan fingerprint density at radius 2 is 2.17 bits per heavy atom. The SMILES string of the molecule is Cc1nc(CCN(C)C)c(N)s1. The normalized spacial score (nSPS) is 11.0. The standard InChI is InChI=1S/C8H15N3S/c1-6-10-7(8(9)12-6)4-5-11(2)3/h4-5,9H2,1-3H3. The fraction of sp³-hybridized carbons (Fsp3) is 0.625. The van der Waals surface area contributed by atoms with E-state index in [9.17, 15) is 0 Å². The molecule has 0 unspecified atom stereocenters. The topological polar surface area (TPSA) is 42.2 Å². The number of anilines is 1. The minimum Gasteiger partial charge on any atom is -0.389 e. The van der Waals surface area contributed by atoms with Crippen LogP contribution in [0.5, 0.6) is 0 Å². The van der Waals surface area contributed by atoms with Gasteiger partial charge < -0.3 is 10.6 Å². The van der Waals surface area contributed by atoms with Gasteiger partial charge in [-0.05, 0) is 21.0 Å². The van der Waals surface area contributed by atoms with Crippen molar-refractivity contribution in [3.63, 3.8) is 0 Å². The zero-order valence-corrected chi connectivity index (χ0v) is 8.61. The van der Waals surface area contributed by atoms with Crippen molar-refractivity contribution in [2.45, 2.75) is 13.3 Å². The van der Waals surface area contributed by atoms with Gasteiger partial charge in [0.1, 0.15) is 5.00 Å². The Morgan fingerprint density at radius 1 is 1.50 bits per heavy atom. The molecule has 0 aromatic carbocycles. The second-order valence-corrected chi connectivity index (χ2v) is 4.33. The van der Waals surface area contributed by atoms with Gasteiger partial charge in [0.15, 0.2) is 0 Å². The van der Waals surface area contributed by atoms with Crippen molar-refractivity contribution in [3.05, 3.63) is 10.7 Å². The van der Waals surface area contributed by atoms with Crippen LogP contribution in [0, 0.1) is 6.92 Å². The van der Waals surface area contributed by atoms with Crippen molar-refractivity contribution in [2.24, 2.45) is 0 Å². The number of aryl methyl sites for hydroxylation is 1. The maximum atomic E-state index is 5.77. The Balaban J connectivity index is 2.57. The van der Waals surface area contributed by atoms with Gasteiger partial charge in [-0.15, -0.1) is 11.3 Å². The van der Waals surface area contributed by atoms with Crippen molar-refractivity contribution in [2.75, 3.05) is 26.4 Å². The first kappa shape index (κ1) is 9.48. The third-order valence-corrected chi connectivity index (χ3v) is 2.47. The maximum Gasteiger partial charge on any atom is 0.109 e. The molecule has 12 heavy (non-hydrogen) atoms. The predicted molar refractivity (Wildman–Crippen MR) is 53.5 cm³/mol. The summed E-state index contributed by atoms with van der Waals surface area (Å²) in [6.45, 7) is 2.99. The molecule has 0 aliphatic heterocycles. The Morgan fingerprint density at radius 3 is 2.58 bits per heavy atom. The molecule has 2 N–H and O–H groups in total. The van der Waals surface area contributed by atoms with Gasteiger partial charge in [0.25, 0.3) is 0 Å². The van der Waals surface area contributed by atoms with E-state index in [1.54, 1.807) is 11.3 Å². The lowest BCUT2D eigenvalue weighted by atomic mass is 10.3. The quantitative estimate of drug-likeness (QED) is 0.768. The lowest BCUT2D eigenvalue weighted by Crippen LogP contribution is -2.15. The van der Waals surface area contributed by atoms with E-state index in [1.807, 2.05) is 6.92 Å². The molecule has 0 aliphatic rings. The van der Waals surface area contributed by atoms with Crippen LogP contribution in [0.4, 0.5) is 5.00 Å². The molecular weight excluding hydrogens is 170 g/mol. The van der Waals surface area contributed by atoms with E-state index >= 15 is 0 Å². The van der Waals surface area contributed by atoms with Gasteiger partial charge >= 0.3 is 0 Å². The number of nitrogen functional groups attached to an aromatic ring is 1. The van der Waals surface area contributed by atoms with Crippen LogP contribution >= 0.6 is 11.3 Å². The van der Waals surface area contributed by atoms with E-state index in [2.05, 4.69) is 24.0 Å². The number of hydrogen-bond donors (Lipinski definition) is 1. The minimum absolute atomic E-state index is 0.870. The Labute approximate surface area is 77.2 Å². The van der Waals surface area contributed by atoms with Crippen LogP contribution in [0.3, 0.4) is 0 Å². The first-order valence-electron chi connectivity index (χ1n) is 3.96. The van der Waals surface area contributed by atoms with Crippen molar-refractivity contribution in [1.82, 2.24) is 9.88 Å². The molecule has 0 fully saturated rings. The fourth-order valence-electron chi connectivity index (χ4n) is 0.995. The van der Waals surface area contributed by atoms with Gasteiger partial charge in [-0.1, -0.05) is 0 Å². The van der Waals surface area contributed by atoms with Crippen molar-refractivity contribution < 1.29 is 0 Å². The van der Waals surface area contributed by atoms with Gasteiger partial charge in [0.2, 0.25) is 0 Å². The molecule has 0 saturated heterocycles. The third-order valence-electron chi connectivity index (χ3n) is 1.63. The summed E-state index contributed by atoms with van der Waals surface area (Å²) in [4.78, 5) is 6.48. The van der Waals surface area contributed by atoms with Crippen molar-refractivity contribution >= 4 is 16.3 Å². The fourth-order valence-corrected chi connectivity index (χ4v) is 1.73. The number of nitrogens with zero attached hydrogens (tertiary/aromatic N) is 2. The van der Waals surface area contributed by atoms with Crippen LogP contribution in [-0.4, -0.2) is 30.5 Å². The number of hydrogen-bond acceptors (Lipinski definition) is 4. The molecule has 68 valence electrons. The monoisotopic (exact) mass is 185 g/mol. The molecule has 0 bridgehead atoms. The highest BCUT2D eigenvalue weighted by molar-refractivity contribution is 7.15. The summed E-state index contributed by atoms with van der Waals surface area (Å²) in [7, 11) is 4.10. The molecule has 0 amide bonds.